The number of aromatic nitrogens is 1. The quantitative estimate of drug-likeness (QED) is 0.657. The summed E-state index contributed by atoms with van der Waals surface area (Å²) >= 11 is 1.14. The van der Waals surface area contributed by atoms with E-state index in [1.165, 1.54) is 0 Å². The second-order valence-corrected chi connectivity index (χ2v) is 7.47. The summed E-state index contributed by atoms with van der Waals surface area (Å²) in [6, 6.07) is 4.38. The number of benzene rings is 1. The molecule has 2 amide bonds. The summed E-state index contributed by atoms with van der Waals surface area (Å²) in [5.41, 5.74) is 1.09. The van der Waals surface area contributed by atoms with E-state index < -0.39 is 22.0 Å². The number of amides is 2. The number of rotatable bonds is 6. The van der Waals surface area contributed by atoms with Crippen LogP contribution < -0.4 is 15.4 Å². The minimum Gasteiger partial charge on any atom is -0.465 e. The molecule has 130 valence electrons. The third-order valence-electron chi connectivity index (χ3n) is 2.62. The van der Waals surface area contributed by atoms with E-state index in [2.05, 4.69) is 20.3 Å². The Bertz CT molecular complexity index is 862. The number of nitrogens with zero attached hydrogens (tertiary/aromatic N) is 1. The van der Waals surface area contributed by atoms with E-state index in [0.29, 0.717) is 15.9 Å². The molecule has 0 spiro atoms. The predicted molar refractivity (Wildman–Crippen MR) is 91.7 cm³/mol. The molecule has 0 fully saturated rings. The van der Waals surface area contributed by atoms with E-state index >= 15 is 0 Å². The number of sulfonamides is 1. The van der Waals surface area contributed by atoms with Gasteiger partial charge < -0.3 is 15.4 Å². The Hall–Kier alpha value is -2.40. The number of nitrogens with one attached hydrogen (secondary N) is 3. The number of fused-ring (bicyclic) bond motifs is 1. The number of anilines is 2. The molecule has 3 N–H and O–H groups in total. The van der Waals surface area contributed by atoms with Crippen LogP contribution in [0.3, 0.4) is 0 Å². The van der Waals surface area contributed by atoms with E-state index in [-0.39, 0.29) is 18.3 Å². The van der Waals surface area contributed by atoms with Gasteiger partial charge in [0.15, 0.2) is 5.13 Å². The van der Waals surface area contributed by atoms with Crippen molar-refractivity contribution in [3.05, 3.63) is 18.2 Å². The van der Waals surface area contributed by atoms with E-state index in [1.54, 1.807) is 25.1 Å². The Balaban J connectivity index is 2.02. The minimum atomic E-state index is -3.40. The van der Waals surface area contributed by atoms with Crippen LogP contribution in [0.15, 0.2) is 18.2 Å². The molecular weight excluding hydrogens is 356 g/mol. The second-order valence-electron chi connectivity index (χ2n) is 4.69. The molecule has 1 aromatic carbocycles. The number of urea groups is 1. The van der Waals surface area contributed by atoms with E-state index in [4.69, 9.17) is 4.74 Å². The molecule has 1 heterocycles. The zero-order valence-electron chi connectivity index (χ0n) is 13.0. The van der Waals surface area contributed by atoms with Crippen LogP contribution in [0.1, 0.15) is 6.92 Å². The zero-order valence-corrected chi connectivity index (χ0v) is 14.6. The second kappa shape index (κ2) is 7.45. The first-order chi connectivity index (χ1) is 11.3. The van der Waals surface area contributed by atoms with Gasteiger partial charge in [-0.15, -0.1) is 0 Å². The number of thiazole rings is 1. The van der Waals surface area contributed by atoms with Gasteiger partial charge in [-0.05, 0) is 25.1 Å². The highest BCUT2D eigenvalue weighted by molar-refractivity contribution is 7.92. The lowest BCUT2D eigenvalue weighted by atomic mass is 10.3. The topological polar surface area (TPSA) is 126 Å². The monoisotopic (exact) mass is 372 g/mol. The molecule has 0 saturated carbocycles. The van der Waals surface area contributed by atoms with Crippen LogP contribution in [-0.4, -0.2) is 44.8 Å². The number of carbonyl (C=O) groups is 2. The number of hydrogen-bond donors (Lipinski definition) is 3. The Labute approximate surface area is 142 Å². The van der Waals surface area contributed by atoms with Crippen LogP contribution in [-0.2, 0) is 19.6 Å². The third-order valence-corrected chi connectivity index (χ3v) is 4.24. The van der Waals surface area contributed by atoms with Gasteiger partial charge in [-0.1, -0.05) is 11.3 Å². The van der Waals surface area contributed by atoms with Crippen molar-refractivity contribution >= 4 is 54.4 Å². The van der Waals surface area contributed by atoms with Crippen molar-refractivity contribution in [2.45, 2.75) is 6.92 Å². The van der Waals surface area contributed by atoms with Crippen LogP contribution in [0.5, 0.6) is 0 Å². The maximum Gasteiger partial charge on any atom is 0.325 e. The predicted octanol–water partition coefficient (Wildman–Crippen LogP) is 1.35. The molecule has 0 atom stereocenters. The fourth-order valence-electron chi connectivity index (χ4n) is 1.74. The van der Waals surface area contributed by atoms with Crippen LogP contribution >= 0.6 is 11.3 Å². The number of ether oxygens (including phenoxy) is 1. The highest BCUT2D eigenvalue weighted by Gasteiger charge is 2.10. The van der Waals surface area contributed by atoms with Crippen molar-refractivity contribution < 1.29 is 22.7 Å². The lowest BCUT2D eigenvalue weighted by molar-refractivity contribution is -0.141. The van der Waals surface area contributed by atoms with Gasteiger partial charge in [0.2, 0.25) is 10.0 Å². The minimum absolute atomic E-state index is 0.231. The third kappa shape index (κ3) is 5.35. The van der Waals surface area contributed by atoms with Gasteiger partial charge in [0, 0.05) is 5.69 Å². The highest BCUT2D eigenvalue weighted by Crippen LogP contribution is 2.28. The van der Waals surface area contributed by atoms with Gasteiger partial charge >= 0.3 is 12.0 Å². The van der Waals surface area contributed by atoms with Crippen molar-refractivity contribution in [1.29, 1.82) is 0 Å². The summed E-state index contributed by atoms with van der Waals surface area (Å²) < 4.78 is 30.1. The van der Waals surface area contributed by atoms with Gasteiger partial charge in [-0.2, -0.15) is 0 Å². The highest BCUT2D eigenvalue weighted by atomic mass is 32.2. The Kier molecular flexibility index (Phi) is 5.57. The normalized spacial score (nSPS) is 11.1. The van der Waals surface area contributed by atoms with Crippen molar-refractivity contribution in [2.75, 3.05) is 29.4 Å². The first-order valence-electron chi connectivity index (χ1n) is 6.85. The average molecular weight is 372 g/mol. The van der Waals surface area contributed by atoms with E-state index in [1.807, 2.05) is 0 Å². The molecular formula is C13H16N4O5S2. The molecule has 0 aliphatic rings. The molecule has 2 aromatic rings. The van der Waals surface area contributed by atoms with Crippen LogP contribution in [0.2, 0.25) is 0 Å². The maximum absolute atomic E-state index is 11.7. The van der Waals surface area contributed by atoms with E-state index in [0.717, 1.165) is 17.6 Å². The summed E-state index contributed by atoms with van der Waals surface area (Å²) in [7, 11) is -3.40. The lowest BCUT2D eigenvalue weighted by Gasteiger charge is -2.07. The average Bonchev–Trinajstić information content (AvgIpc) is 2.84. The van der Waals surface area contributed by atoms with Crippen molar-refractivity contribution in [1.82, 2.24) is 10.3 Å². The SMILES string of the molecule is CCOC(=O)CNC(=O)Nc1ccc2nc(NS(C)(=O)=O)sc2c1. The molecule has 0 radical (unpaired) electrons. The van der Waals surface area contributed by atoms with Crippen LogP contribution in [0.4, 0.5) is 15.6 Å². The zero-order chi connectivity index (χ0) is 17.7. The summed E-state index contributed by atoms with van der Waals surface area (Å²) in [4.78, 5) is 27.0. The summed E-state index contributed by atoms with van der Waals surface area (Å²) in [5, 5.41) is 5.19. The molecule has 24 heavy (non-hydrogen) atoms. The molecule has 0 bridgehead atoms. The molecule has 1 aromatic heterocycles. The largest absolute Gasteiger partial charge is 0.465 e. The van der Waals surface area contributed by atoms with E-state index in [9.17, 15) is 18.0 Å². The van der Waals surface area contributed by atoms with Crippen LogP contribution in [0.25, 0.3) is 10.2 Å². The molecule has 0 unspecified atom stereocenters. The summed E-state index contributed by atoms with van der Waals surface area (Å²) in [6.45, 7) is 1.69. The maximum atomic E-state index is 11.7. The first kappa shape index (κ1) is 17.9. The smallest absolute Gasteiger partial charge is 0.325 e. The fraction of sp³-hybridized carbons (Fsp3) is 0.308. The van der Waals surface area contributed by atoms with Crippen LogP contribution in [0, 0.1) is 0 Å². The molecule has 0 aliphatic carbocycles. The number of hydrogen-bond acceptors (Lipinski definition) is 7. The lowest BCUT2D eigenvalue weighted by Crippen LogP contribution is -2.34. The van der Waals surface area contributed by atoms with Crippen molar-refractivity contribution in [3.8, 4) is 0 Å². The van der Waals surface area contributed by atoms with Gasteiger partial charge in [0.25, 0.3) is 0 Å². The Morgan fingerprint density at radius 2 is 2.08 bits per heavy atom. The standard InChI is InChI=1S/C13H16N4O5S2/c1-3-22-11(18)7-14-12(19)15-8-4-5-9-10(6-8)23-13(16-9)17-24(2,20)21/h4-6H,3,7H2,1-2H3,(H,16,17)(H2,14,15,19). The number of esters is 1. The molecule has 2 rings (SSSR count). The Morgan fingerprint density at radius 1 is 1.33 bits per heavy atom. The fourth-order valence-corrected chi connectivity index (χ4v) is 3.48. The first-order valence-corrected chi connectivity index (χ1v) is 9.56. The van der Waals surface area contributed by atoms with Crippen molar-refractivity contribution in [2.24, 2.45) is 0 Å². The summed E-state index contributed by atoms with van der Waals surface area (Å²) in [5.74, 6) is -0.526. The van der Waals surface area contributed by atoms with Crippen molar-refractivity contribution in [3.63, 3.8) is 0 Å². The Morgan fingerprint density at radius 3 is 2.75 bits per heavy atom. The number of carbonyl (C=O) groups excluding carboxylic acids is 2. The van der Waals surface area contributed by atoms with Gasteiger partial charge in [-0.25, -0.2) is 18.2 Å². The molecule has 11 heteroatoms. The summed E-state index contributed by atoms with van der Waals surface area (Å²) in [6.07, 6.45) is 1.04. The molecule has 0 aliphatic heterocycles. The molecule has 9 nitrogen and oxygen atoms in total. The van der Waals surface area contributed by atoms with Gasteiger partial charge in [0.05, 0.1) is 23.1 Å². The van der Waals surface area contributed by atoms with Gasteiger partial charge in [-0.3, -0.25) is 9.52 Å². The molecule has 0 saturated heterocycles. The van der Waals surface area contributed by atoms with Gasteiger partial charge in [0.1, 0.15) is 6.54 Å².